The molecule has 0 aliphatic carbocycles. The molecule has 0 unspecified atom stereocenters. The lowest BCUT2D eigenvalue weighted by atomic mass is 10.4. The van der Waals surface area contributed by atoms with Gasteiger partial charge in [0.1, 0.15) is 0 Å². The van der Waals surface area contributed by atoms with Crippen molar-refractivity contribution in [2.75, 3.05) is 58.9 Å². The van der Waals surface area contributed by atoms with E-state index in [9.17, 15) is 0 Å². The van der Waals surface area contributed by atoms with E-state index in [1.807, 2.05) is 0 Å². The minimum atomic E-state index is 0. The molecule has 1 fully saturated rings. The van der Waals surface area contributed by atoms with Crippen LogP contribution in [-0.2, 0) is 0 Å². The summed E-state index contributed by atoms with van der Waals surface area (Å²) < 4.78 is 0. The van der Waals surface area contributed by atoms with Crippen molar-refractivity contribution in [2.24, 2.45) is 0 Å². The van der Waals surface area contributed by atoms with Crippen molar-refractivity contribution in [1.82, 2.24) is 20.9 Å². The van der Waals surface area contributed by atoms with Gasteiger partial charge in [-0.15, -0.1) is 0 Å². The molecule has 0 aromatic rings. The molecule has 0 radical (unpaired) electrons. The molecule has 0 aromatic carbocycles. The summed E-state index contributed by atoms with van der Waals surface area (Å²) in [5.41, 5.74) is 0. The minimum Gasteiger partial charge on any atom is -0.314 e. The number of hydrogen-bond acceptors (Lipinski definition) is 4. The van der Waals surface area contributed by atoms with Gasteiger partial charge in [0.15, 0.2) is 0 Å². The zero-order chi connectivity index (χ0) is 10.1. The quantitative estimate of drug-likeness (QED) is 0.528. The fourth-order valence-corrected chi connectivity index (χ4v) is 1.63. The van der Waals surface area contributed by atoms with Gasteiger partial charge in [0.05, 0.1) is 0 Å². The molecule has 1 heterocycles. The van der Waals surface area contributed by atoms with Crippen LogP contribution in [0, 0.1) is 0 Å². The first-order valence-electron chi connectivity index (χ1n) is 5.78. The SMILES string of the molecule is CCN1CCNCCNCCNCC1.[HH]. The van der Waals surface area contributed by atoms with Crippen LogP contribution in [0.25, 0.3) is 0 Å². The van der Waals surface area contributed by atoms with E-state index in [2.05, 4.69) is 27.8 Å². The van der Waals surface area contributed by atoms with E-state index in [1.54, 1.807) is 0 Å². The molecule has 86 valence electrons. The van der Waals surface area contributed by atoms with Gasteiger partial charge in [-0.25, -0.2) is 0 Å². The number of nitrogens with zero attached hydrogens (tertiary/aromatic N) is 1. The molecule has 1 aliphatic rings. The van der Waals surface area contributed by atoms with Crippen LogP contribution in [-0.4, -0.2) is 63.8 Å². The van der Waals surface area contributed by atoms with Crippen LogP contribution in [0.3, 0.4) is 0 Å². The molecule has 0 amide bonds. The Labute approximate surface area is 88.9 Å². The Hall–Kier alpha value is -0.160. The van der Waals surface area contributed by atoms with Gasteiger partial charge in [-0.3, -0.25) is 0 Å². The summed E-state index contributed by atoms with van der Waals surface area (Å²) in [6.45, 7) is 12.2. The second-order valence-corrected chi connectivity index (χ2v) is 3.68. The van der Waals surface area contributed by atoms with E-state index in [0.717, 1.165) is 58.9 Å². The van der Waals surface area contributed by atoms with Gasteiger partial charge >= 0.3 is 0 Å². The normalized spacial score (nSPS) is 23.8. The molecule has 1 rings (SSSR count). The third kappa shape index (κ3) is 5.54. The average molecular weight is 202 g/mol. The monoisotopic (exact) mass is 202 g/mol. The van der Waals surface area contributed by atoms with Crippen LogP contribution in [0.5, 0.6) is 0 Å². The van der Waals surface area contributed by atoms with Gasteiger partial charge in [-0.1, -0.05) is 6.92 Å². The van der Waals surface area contributed by atoms with Crippen molar-refractivity contribution in [3.63, 3.8) is 0 Å². The van der Waals surface area contributed by atoms with Crippen LogP contribution in [0.1, 0.15) is 8.35 Å². The lowest BCUT2D eigenvalue weighted by molar-refractivity contribution is 0.284. The molecule has 1 aliphatic heterocycles. The van der Waals surface area contributed by atoms with E-state index in [1.165, 1.54) is 0 Å². The smallest absolute Gasteiger partial charge is 0.0107 e. The number of likely N-dealkylation sites (N-methyl/N-ethyl adjacent to an activating group) is 1. The summed E-state index contributed by atoms with van der Waals surface area (Å²) in [4.78, 5) is 2.48. The highest BCUT2D eigenvalue weighted by Gasteiger charge is 2.01. The Kier molecular flexibility index (Phi) is 6.95. The fourth-order valence-electron chi connectivity index (χ4n) is 1.63. The maximum Gasteiger partial charge on any atom is 0.0107 e. The molecule has 4 nitrogen and oxygen atoms in total. The topological polar surface area (TPSA) is 39.3 Å². The maximum absolute atomic E-state index is 3.44. The Morgan fingerprint density at radius 2 is 1.29 bits per heavy atom. The van der Waals surface area contributed by atoms with Gasteiger partial charge in [-0.05, 0) is 6.54 Å². The van der Waals surface area contributed by atoms with E-state index in [4.69, 9.17) is 0 Å². The Morgan fingerprint density at radius 3 is 1.71 bits per heavy atom. The van der Waals surface area contributed by atoms with E-state index < -0.39 is 0 Å². The third-order valence-electron chi connectivity index (χ3n) is 2.61. The van der Waals surface area contributed by atoms with Crippen molar-refractivity contribution >= 4 is 0 Å². The second-order valence-electron chi connectivity index (χ2n) is 3.68. The van der Waals surface area contributed by atoms with Crippen LogP contribution in [0.15, 0.2) is 0 Å². The fraction of sp³-hybridized carbons (Fsp3) is 1.00. The predicted molar refractivity (Wildman–Crippen MR) is 62.8 cm³/mol. The Balaban J connectivity index is 0.00000196. The van der Waals surface area contributed by atoms with Gasteiger partial charge in [-0.2, -0.15) is 0 Å². The highest BCUT2D eigenvalue weighted by atomic mass is 15.1. The lowest BCUT2D eigenvalue weighted by Gasteiger charge is -2.21. The molecule has 0 bridgehead atoms. The molecule has 1 saturated heterocycles. The molecule has 4 heteroatoms. The summed E-state index contributed by atoms with van der Waals surface area (Å²) in [6, 6.07) is 0. The summed E-state index contributed by atoms with van der Waals surface area (Å²) in [6.07, 6.45) is 0. The molecule has 0 aromatic heterocycles. The Bertz CT molecular complexity index is 123. The van der Waals surface area contributed by atoms with Crippen LogP contribution in [0.4, 0.5) is 0 Å². The first-order valence-corrected chi connectivity index (χ1v) is 5.78. The molecule has 0 atom stereocenters. The van der Waals surface area contributed by atoms with Crippen molar-refractivity contribution < 1.29 is 1.43 Å². The minimum absolute atomic E-state index is 0. The molecular weight excluding hydrogens is 176 g/mol. The largest absolute Gasteiger partial charge is 0.314 e. The van der Waals surface area contributed by atoms with E-state index in [-0.39, 0.29) is 1.43 Å². The van der Waals surface area contributed by atoms with Gasteiger partial charge < -0.3 is 20.9 Å². The predicted octanol–water partition coefficient (Wildman–Crippen LogP) is -0.663. The van der Waals surface area contributed by atoms with E-state index in [0.29, 0.717) is 0 Å². The summed E-state index contributed by atoms with van der Waals surface area (Å²) in [5.74, 6) is 0. The lowest BCUT2D eigenvalue weighted by Crippen LogP contribution is -2.41. The Morgan fingerprint density at radius 1 is 0.857 bits per heavy atom. The number of nitrogens with one attached hydrogen (secondary N) is 3. The molecule has 0 saturated carbocycles. The average Bonchev–Trinajstić information content (AvgIpc) is 2.19. The van der Waals surface area contributed by atoms with Crippen LogP contribution >= 0.6 is 0 Å². The van der Waals surface area contributed by atoms with Crippen molar-refractivity contribution in [3.8, 4) is 0 Å². The summed E-state index contributed by atoms with van der Waals surface area (Å²) in [5, 5.41) is 10.3. The zero-order valence-corrected chi connectivity index (χ0v) is 9.31. The number of hydrogen-bond donors (Lipinski definition) is 3. The summed E-state index contributed by atoms with van der Waals surface area (Å²) in [7, 11) is 0. The first kappa shape index (κ1) is 11.9. The molecule has 3 N–H and O–H groups in total. The van der Waals surface area contributed by atoms with Gasteiger partial charge in [0, 0.05) is 53.8 Å². The van der Waals surface area contributed by atoms with Crippen molar-refractivity contribution in [2.45, 2.75) is 6.92 Å². The maximum atomic E-state index is 3.44. The molecule has 0 spiro atoms. The standard InChI is InChI=1S/C10H24N4.H2/c1-2-14-9-7-12-5-3-11-4-6-13-8-10-14;/h11-13H,2-10H2,1H3;1H. The second kappa shape index (κ2) is 8.17. The van der Waals surface area contributed by atoms with Gasteiger partial charge in [0.25, 0.3) is 0 Å². The van der Waals surface area contributed by atoms with Crippen LogP contribution < -0.4 is 16.0 Å². The van der Waals surface area contributed by atoms with Crippen LogP contribution in [0.2, 0.25) is 0 Å². The highest BCUT2D eigenvalue weighted by molar-refractivity contribution is 4.63. The van der Waals surface area contributed by atoms with Gasteiger partial charge in [0.2, 0.25) is 0 Å². The third-order valence-corrected chi connectivity index (χ3v) is 2.61. The van der Waals surface area contributed by atoms with Crippen molar-refractivity contribution in [3.05, 3.63) is 0 Å². The molecular formula is C10H26N4. The molecule has 14 heavy (non-hydrogen) atoms. The zero-order valence-electron chi connectivity index (χ0n) is 9.31. The highest BCUT2D eigenvalue weighted by Crippen LogP contribution is 1.85. The first-order chi connectivity index (χ1) is 6.93. The number of rotatable bonds is 1. The van der Waals surface area contributed by atoms with E-state index >= 15 is 0 Å². The summed E-state index contributed by atoms with van der Waals surface area (Å²) >= 11 is 0. The van der Waals surface area contributed by atoms with Crippen molar-refractivity contribution in [1.29, 1.82) is 0 Å².